The summed E-state index contributed by atoms with van der Waals surface area (Å²) < 4.78 is 0. The van der Waals surface area contributed by atoms with E-state index < -0.39 is 0 Å². The predicted molar refractivity (Wildman–Crippen MR) is 142 cm³/mol. The summed E-state index contributed by atoms with van der Waals surface area (Å²) in [6.45, 7) is 0. The largest absolute Gasteiger partial charge is 0.375 e. The van der Waals surface area contributed by atoms with Crippen LogP contribution in [-0.2, 0) is 11.2 Å². The van der Waals surface area contributed by atoms with Gasteiger partial charge in [0, 0.05) is 35.1 Å². The summed E-state index contributed by atoms with van der Waals surface area (Å²) in [4.78, 5) is 20.2. The molecule has 0 aliphatic heterocycles. The molecule has 6 heteroatoms. The summed E-state index contributed by atoms with van der Waals surface area (Å²) in [6, 6.07) is 19.8. The SMILES string of the molecule is CN(C)c1c(NC(=O)[C@H]2CCCc3ccccc32)cnc2c(-c3cc(Cl)cc(Cl)c3)cccc12. The number of benzene rings is 3. The highest BCUT2D eigenvalue weighted by atomic mass is 35.5. The highest BCUT2D eigenvalue weighted by molar-refractivity contribution is 6.35. The Balaban J connectivity index is 1.57. The van der Waals surface area contributed by atoms with Gasteiger partial charge in [0.15, 0.2) is 0 Å². The smallest absolute Gasteiger partial charge is 0.232 e. The van der Waals surface area contributed by atoms with Gasteiger partial charge < -0.3 is 10.2 Å². The zero-order valence-corrected chi connectivity index (χ0v) is 20.6. The van der Waals surface area contributed by atoms with Gasteiger partial charge in [-0.25, -0.2) is 0 Å². The van der Waals surface area contributed by atoms with Crippen LogP contribution in [0.25, 0.3) is 22.0 Å². The van der Waals surface area contributed by atoms with Crippen molar-refractivity contribution in [3.63, 3.8) is 0 Å². The molecule has 5 rings (SSSR count). The Morgan fingerprint density at radius 3 is 2.56 bits per heavy atom. The van der Waals surface area contributed by atoms with Crippen LogP contribution in [0.15, 0.2) is 66.9 Å². The van der Waals surface area contributed by atoms with Crippen LogP contribution in [0, 0.1) is 0 Å². The van der Waals surface area contributed by atoms with Crippen LogP contribution < -0.4 is 10.2 Å². The Morgan fingerprint density at radius 2 is 1.79 bits per heavy atom. The van der Waals surface area contributed by atoms with Crippen molar-refractivity contribution >= 4 is 51.4 Å². The third-order valence-corrected chi connectivity index (χ3v) is 6.87. The molecule has 34 heavy (non-hydrogen) atoms. The Hall–Kier alpha value is -3.08. The number of amides is 1. The normalized spacial score (nSPS) is 15.1. The van der Waals surface area contributed by atoms with Crippen LogP contribution in [0.3, 0.4) is 0 Å². The van der Waals surface area contributed by atoms with Gasteiger partial charge in [0.2, 0.25) is 5.91 Å². The van der Waals surface area contributed by atoms with Crippen LogP contribution in [0.5, 0.6) is 0 Å². The van der Waals surface area contributed by atoms with E-state index in [1.165, 1.54) is 5.56 Å². The quantitative estimate of drug-likeness (QED) is 0.326. The molecule has 4 aromatic rings. The Kier molecular flexibility index (Phi) is 6.20. The number of aromatic nitrogens is 1. The Morgan fingerprint density at radius 1 is 1.03 bits per heavy atom. The lowest BCUT2D eigenvalue weighted by atomic mass is 9.82. The zero-order valence-electron chi connectivity index (χ0n) is 19.1. The molecule has 0 fully saturated rings. The molecule has 0 radical (unpaired) electrons. The summed E-state index contributed by atoms with van der Waals surface area (Å²) in [7, 11) is 3.95. The molecule has 0 unspecified atom stereocenters. The van der Waals surface area contributed by atoms with E-state index in [1.807, 2.05) is 61.5 Å². The maximum absolute atomic E-state index is 13.4. The van der Waals surface area contributed by atoms with Crippen molar-refractivity contribution in [2.45, 2.75) is 25.2 Å². The van der Waals surface area contributed by atoms with E-state index in [0.29, 0.717) is 15.7 Å². The number of aryl methyl sites for hydroxylation is 1. The lowest BCUT2D eigenvalue weighted by Gasteiger charge is -2.26. The summed E-state index contributed by atoms with van der Waals surface area (Å²) >= 11 is 12.5. The van der Waals surface area contributed by atoms with E-state index >= 15 is 0 Å². The zero-order chi connectivity index (χ0) is 23.8. The molecule has 4 nitrogen and oxygen atoms in total. The first-order valence-corrected chi connectivity index (χ1v) is 12.1. The van der Waals surface area contributed by atoms with E-state index in [0.717, 1.165) is 52.5 Å². The number of para-hydroxylation sites is 1. The lowest BCUT2D eigenvalue weighted by Crippen LogP contribution is -2.26. The average molecular weight is 490 g/mol. The van der Waals surface area contributed by atoms with Gasteiger partial charge in [0.1, 0.15) is 0 Å². The fourth-order valence-electron chi connectivity index (χ4n) is 4.97. The van der Waals surface area contributed by atoms with Crippen molar-refractivity contribution in [2.24, 2.45) is 0 Å². The molecule has 1 atom stereocenters. The van der Waals surface area contributed by atoms with E-state index in [9.17, 15) is 4.79 Å². The summed E-state index contributed by atoms with van der Waals surface area (Å²) in [5, 5.41) is 5.28. The molecule has 0 spiro atoms. The number of pyridine rings is 1. The molecule has 1 heterocycles. The van der Waals surface area contributed by atoms with Gasteiger partial charge in [0.25, 0.3) is 0 Å². The van der Waals surface area contributed by atoms with Gasteiger partial charge >= 0.3 is 0 Å². The summed E-state index contributed by atoms with van der Waals surface area (Å²) in [5.74, 6) is -0.148. The lowest BCUT2D eigenvalue weighted by molar-refractivity contribution is -0.117. The number of halogens is 2. The molecule has 1 N–H and O–H groups in total. The van der Waals surface area contributed by atoms with E-state index in [-0.39, 0.29) is 11.8 Å². The maximum Gasteiger partial charge on any atom is 0.232 e. The molecule has 3 aromatic carbocycles. The highest BCUT2D eigenvalue weighted by Crippen LogP contribution is 2.39. The van der Waals surface area contributed by atoms with Crippen molar-refractivity contribution < 1.29 is 4.79 Å². The van der Waals surface area contributed by atoms with Gasteiger partial charge in [0.05, 0.1) is 29.0 Å². The van der Waals surface area contributed by atoms with Gasteiger partial charge in [-0.2, -0.15) is 0 Å². The van der Waals surface area contributed by atoms with Crippen LogP contribution in [0.2, 0.25) is 10.0 Å². The minimum Gasteiger partial charge on any atom is -0.375 e. The number of hydrogen-bond donors (Lipinski definition) is 1. The third kappa shape index (κ3) is 4.24. The maximum atomic E-state index is 13.4. The molecule has 1 amide bonds. The second-order valence-corrected chi connectivity index (χ2v) is 9.78. The van der Waals surface area contributed by atoms with Gasteiger partial charge in [-0.05, 0) is 54.2 Å². The monoisotopic (exact) mass is 489 g/mol. The topological polar surface area (TPSA) is 45.2 Å². The summed E-state index contributed by atoms with van der Waals surface area (Å²) in [6.07, 6.45) is 4.63. The minimum atomic E-state index is -0.157. The van der Waals surface area contributed by atoms with Crippen LogP contribution in [0.4, 0.5) is 11.4 Å². The van der Waals surface area contributed by atoms with Crippen molar-refractivity contribution in [1.29, 1.82) is 0 Å². The third-order valence-electron chi connectivity index (χ3n) is 6.43. The second-order valence-electron chi connectivity index (χ2n) is 8.91. The summed E-state index contributed by atoms with van der Waals surface area (Å²) in [5.41, 5.74) is 6.67. The molecule has 1 aromatic heterocycles. The fraction of sp³-hybridized carbons (Fsp3) is 0.214. The molecule has 172 valence electrons. The van der Waals surface area contributed by atoms with Crippen LogP contribution in [-0.4, -0.2) is 25.0 Å². The number of hydrogen-bond acceptors (Lipinski definition) is 3. The van der Waals surface area contributed by atoms with E-state index in [2.05, 4.69) is 17.4 Å². The van der Waals surface area contributed by atoms with Gasteiger partial charge in [-0.1, -0.05) is 65.7 Å². The fourth-order valence-corrected chi connectivity index (χ4v) is 5.50. The first-order chi connectivity index (χ1) is 16.4. The molecule has 1 aliphatic rings. The molecular formula is C28H25Cl2N3O. The highest BCUT2D eigenvalue weighted by Gasteiger charge is 2.27. The molecular weight excluding hydrogens is 465 g/mol. The van der Waals surface area contributed by atoms with Gasteiger partial charge in [-0.15, -0.1) is 0 Å². The number of carbonyl (C=O) groups excluding carboxylic acids is 1. The van der Waals surface area contributed by atoms with E-state index in [4.69, 9.17) is 28.2 Å². The van der Waals surface area contributed by atoms with Crippen molar-refractivity contribution in [3.8, 4) is 11.1 Å². The van der Waals surface area contributed by atoms with Crippen LogP contribution >= 0.6 is 23.2 Å². The van der Waals surface area contributed by atoms with Crippen molar-refractivity contribution in [1.82, 2.24) is 4.98 Å². The molecule has 0 bridgehead atoms. The van der Waals surface area contributed by atoms with E-state index in [1.54, 1.807) is 12.3 Å². The number of rotatable bonds is 4. The molecule has 1 aliphatic carbocycles. The number of anilines is 2. The average Bonchev–Trinajstić information content (AvgIpc) is 2.82. The van der Waals surface area contributed by atoms with Gasteiger partial charge in [-0.3, -0.25) is 9.78 Å². The molecule has 0 saturated carbocycles. The minimum absolute atomic E-state index is 0.00850. The Bertz CT molecular complexity index is 1380. The number of carbonyl (C=O) groups is 1. The van der Waals surface area contributed by atoms with Crippen LogP contribution in [0.1, 0.15) is 29.9 Å². The predicted octanol–water partition coefficient (Wildman–Crippen LogP) is 7.33. The number of nitrogens with one attached hydrogen (secondary N) is 1. The number of fused-ring (bicyclic) bond motifs is 2. The Labute approximate surface area is 209 Å². The van der Waals surface area contributed by atoms with Crippen molar-refractivity contribution in [2.75, 3.05) is 24.3 Å². The first-order valence-electron chi connectivity index (χ1n) is 11.4. The van der Waals surface area contributed by atoms with Crippen molar-refractivity contribution in [3.05, 3.63) is 88.0 Å². The second kappa shape index (κ2) is 9.28. The molecule has 0 saturated heterocycles. The number of nitrogens with zero attached hydrogens (tertiary/aromatic N) is 2. The first kappa shape index (κ1) is 22.7. The standard InChI is InChI=1S/C28H25Cl2N3O/c1-33(2)27-24-12-6-10-22(18-13-19(29)15-20(30)14-18)26(24)31-16-25(27)32-28(34)23-11-5-8-17-7-3-4-9-21(17)23/h3-4,6-7,9-10,12-16,23H,5,8,11H2,1-2H3,(H,32,34)/t23-/m0/s1.